The van der Waals surface area contributed by atoms with Crippen molar-refractivity contribution in [1.29, 1.82) is 0 Å². The Labute approximate surface area is 128 Å². The molecule has 1 saturated heterocycles. The van der Waals surface area contributed by atoms with Gasteiger partial charge in [0.2, 0.25) is 5.91 Å². The SMILES string of the molecule is Cl.O=C(NC12CC3CC(CC(C3)C1)C2)C1CCNCC1. The maximum Gasteiger partial charge on any atom is 0.223 e. The minimum absolute atomic E-state index is 0. The lowest BCUT2D eigenvalue weighted by Gasteiger charge is -2.57. The Balaban J connectivity index is 0.00000121. The van der Waals surface area contributed by atoms with Crippen molar-refractivity contribution < 1.29 is 4.79 Å². The van der Waals surface area contributed by atoms with E-state index in [0.717, 1.165) is 43.7 Å². The van der Waals surface area contributed by atoms with Gasteiger partial charge in [0.25, 0.3) is 0 Å². The summed E-state index contributed by atoms with van der Waals surface area (Å²) < 4.78 is 0. The number of rotatable bonds is 2. The molecule has 2 N–H and O–H groups in total. The molecule has 5 fully saturated rings. The first-order chi connectivity index (χ1) is 9.22. The molecule has 0 atom stereocenters. The summed E-state index contributed by atoms with van der Waals surface area (Å²) in [7, 11) is 0. The molecule has 4 aliphatic carbocycles. The summed E-state index contributed by atoms with van der Waals surface area (Å²) in [5, 5.41) is 6.88. The number of carbonyl (C=O) groups is 1. The van der Waals surface area contributed by atoms with Crippen LogP contribution in [0.1, 0.15) is 51.4 Å². The van der Waals surface area contributed by atoms with Crippen molar-refractivity contribution >= 4 is 18.3 Å². The molecule has 0 radical (unpaired) electrons. The van der Waals surface area contributed by atoms with Gasteiger partial charge in [-0.2, -0.15) is 0 Å². The van der Waals surface area contributed by atoms with E-state index in [0.29, 0.717) is 5.91 Å². The lowest BCUT2D eigenvalue weighted by atomic mass is 9.53. The number of halogens is 1. The highest BCUT2D eigenvalue weighted by atomic mass is 35.5. The molecule has 4 heteroatoms. The highest BCUT2D eigenvalue weighted by Gasteiger charge is 2.51. The van der Waals surface area contributed by atoms with Crippen LogP contribution in [-0.4, -0.2) is 24.5 Å². The highest BCUT2D eigenvalue weighted by Crippen LogP contribution is 2.55. The first-order valence-electron chi connectivity index (χ1n) is 8.25. The van der Waals surface area contributed by atoms with Gasteiger partial charge in [0.1, 0.15) is 0 Å². The molecule has 0 aromatic carbocycles. The number of nitrogens with one attached hydrogen (secondary N) is 2. The van der Waals surface area contributed by atoms with Crippen molar-refractivity contribution in [3.63, 3.8) is 0 Å². The Morgan fingerprint density at radius 2 is 1.45 bits per heavy atom. The van der Waals surface area contributed by atoms with Crippen LogP contribution in [0.2, 0.25) is 0 Å². The summed E-state index contributed by atoms with van der Waals surface area (Å²) in [6, 6.07) is 0. The molecule has 4 saturated carbocycles. The molecule has 1 amide bonds. The van der Waals surface area contributed by atoms with Crippen LogP contribution in [0.15, 0.2) is 0 Å². The summed E-state index contributed by atoms with van der Waals surface area (Å²) in [5.74, 6) is 3.39. The average Bonchev–Trinajstić information content (AvgIpc) is 2.37. The molecule has 5 rings (SSSR count). The molecule has 3 nitrogen and oxygen atoms in total. The fourth-order valence-electron chi connectivity index (χ4n) is 5.71. The Kier molecular flexibility index (Phi) is 4.02. The zero-order valence-corrected chi connectivity index (χ0v) is 13.0. The summed E-state index contributed by atoms with van der Waals surface area (Å²) in [6.45, 7) is 2.03. The molecular formula is C16H27ClN2O. The third-order valence-electron chi connectivity index (χ3n) is 6.14. The summed E-state index contributed by atoms with van der Waals surface area (Å²) in [6.07, 6.45) is 10.2. The number of carbonyl (C=O) groups excluding carboxylic acids is 1. The van der Waals surface area contributed by atoms with E-state index in [-0.39, 0.29) is 23.9 Å². The first-order valence-corrected chi connectivity index (χ1v) is 8.25. The Morgan fingerprint density at radius 3 is 1.95 bits per heavy atom. The Hall–Kier alpha value is -0.280. The molecular weight excluding hydrogens is 272 g/mol. The second-order valence-corrected chi connectivity index (χ2v) is 7.71. The smallest absolute Gasteiger partial charge is 0.223 e. The van der Waals surface area contributed by atoms with Crippen LogP contribution in [0.5, 0.6) is 0 Å². The van der Waals surface area contributed by atoms with Crippen molar-refractivity contribution in [2.75, 3.05) is 13.1 Å². The lowest BCUT2D eigenvalue weighted by Crippen LogP contribution is -2.61. The van der Waals surface area contributed by atoms with Crippen LogP contribution in [-0.2, 0) is 4.79 Å². The van der Waals surface area contributed by atoms with Crippen molar-refractivity contribution in [1.82, 2.24) is 10.6 Å². The molecule has 0 unspecified atom stereocenters. The van der Waals surface area contributed by atoms with Gasteiger partial charge in [-0.05, 0) is 82.2 Å². The molecule has 1 aliphatic heterocycles. The van der Waals surface area contributed by atoms with E-state index < -0.39 is 0 Å². The largest absolute Gasteiger partial charge is 0.350 e. The third-order valence-corrected chi connectivity index (χ3v) is 6.14. The maximum absolute atomic E-state index is 12.5. The van der Waals surface area contributed by atoms with E-state index in [9.17, 15) is 4.79 Å². The normalized spacial score (nSPS) is 43.1. The Morgan fingerprint density at radius 1 is 0.950 bits per heavy atom. The van der Waals surface area contributed by atoms with Crippen LogP contribution < -0.4 is 10.6 Å². The van der Waals surface area contributed by atoms with Crippen molar-refractivity contribution in [3.05, 3.63) is 0 Å². The fraction of sp³-hybridized carbons (Fsp3) is 0.938. The maximum atomic E-state index is 12.5. The van der Waals surface area contributed by atoms with Crippen molar-refractivity contribution in [2.45, 2.75) is 56.9 Å². The topological polar surface area (TPSA) is 41.1 Å². The van der Waals surface area contributed by atoms with E-state index in [4.69, 9.17) is 0 Å². The summed E-state index contributed by atoms with van der Waals surface area (Å²) >= 11 is 0. The number of hydrogen-bond donors (Lipinski definition) is 2. The van der Waals surface area contributed by atoms with Gasteiger partial charge in [-0.25, -0.2) is 0 Å². The predicted molar refractivity (Wildman–Crippen MR) is 81.9 cm³/mol. The molecule has 1 heterocycles. The second-order valence-electron chi connectivity index (χ2n) is 7.71. The Bertz CT molecular complexity index is 343. The number of piperidine rings is 1. The quantitative estimate of drug-likeness (QED) is 0.822. The van der Waals surface area contributed by atoms with Gasteiger partial charge >= 0.3 is 0 Å². The monoisotopic (exact) mass is 298 g/mol. The molecule has 0 aromatic heterocycles. The van der Waals surface area contributed by atoms with E-state index >= 15 is 0 Å². The van der Waals surface area contributed by atoms with Gasteiger partial charge in [-0.3, -0.25) is 4.79 Å². The van der Waals surface area contributed by atoms with Gasteiger partial charge in [0.15, 0.2) is 0 Å². The van der Waals surface area contributed by atoms with Crippen LogP contribution in [0, 0.1) is 23.7 Å². The van der Waals surface area contributed by atoms with Crippen molar-refractivity contribution in [2.24, 2.45) is 23.7 Å². The lowest BCUT2D eigenvalue weighted by molar-refractivity contribution is -0.131. The van der Waals surface area contributed by atoms with Gasteiger partial charge in [-0.15, -0.1) is 12.4 Å². The molecule has 4 bridgehead atoms. The second kappa shape index (κ2) is 5.49. The fourth-order valence-corrected chi connectivity index (χ4v) is 5.71. The van der Waals surface area contributed by atoms with Crippen LogP contribution in [0.4, 0.5) is 0 Å². The summed E-state index contributed by atoms with van der Waals surface area (Å²) in [4.78, 5) is 12.5. The molecule has 20 heavy (non-hydrogen) atoms. The standard InChI is InChI=1S/C16H26N2O.ClH/c19-15(14-1-3-17-4-2-14)18-16-8-11-5-12(9-16)7-13(6-11)10-16;/h11-14,17H,1-10H2,(H,18,19);1H. The van der Waals surface area contributed by atoms with E-state index in [1.807, 2.05) is 0 Å². The van der Waals surface area contributed by atoms with Crippen LogP contribution >= 0.6 is 12.4 Å². The average molecular weight is 299 g/mol. The minimum Gasteiger partial charge on any atom is -0.350 e. The van der Waals surface area contributed by atoms with E-state index in [1.165, 1.54) is 38.5 Å². The van der Waals surface area contributed by atoms with Crippen LogP contribution in [0.3, 0.4) is 0 Å². The number of amides is 1. The van der Waals surface area contributed by atoms with E-state index in [1.54, 1.807) is 0 Å². The molecule has 114 valence electrons. The first kappa shape index (κ1) is 14.6. The number of hydrogen-bond acceptors (Lipinski definition) is 2. The summed E-state index contributed by atoms with van der Waals surface area (Å²) in [5.41, 5.74) is 0.205. The van der Waals surface area contributed by atoms with Crippen LogP contribution in [0.25, 0.3) is 0 Å². The third kappa shape index (κ3) is 2.59. The van der Waals surface area contributed by atoms with Crippen molar-refractivity contribution in [3.8, 4) is 0 Å². The zero-order valence-electron chi connectivity index (χ0n) is 12.2. The molecule has 0 aromatic rings. The highest BCUT2D eigenvalue weighted by molar-refractivity contribution is 5.85. The molecule has 5 aliphatic rings. The van der Waals surface area contributed by atoms with E-state index in [2.05, 4.69) is 10.6 Å². The predicted octanol–water partition coefficient (Wildman–Crippen LogP) is 2.49. The zero-order chi connectivity index (χ0) is 12.9. The molecule has 0 spiro atoms. The van der Waals surface area contributed by atoms with Gasteiger partial charge < -0.3 is 10.6 Å². The van der Waals surface area contributed by atoms with Gasteiger partial charge in [0.05, 0.1) is 0 Å². The minimum atomic E-state index is 0. The van der Waals surface area contributed by atoms with Gasteiger partial charge in [0, 0.05) is 11.5 Å². The van der Waals surface area contributed by atoms with Gasteiger partial charge in [-0.1, -0.05) is 0 Å².